The lowest BCUT2D eigenvalue weighted by Gasteiger charge is -1.94. The van der Waals surface area contributed by atoms with Gasteiger partial charge in [-0.05, 0) is 37.3 Å². The second-order valence-corrected chi connectivity index (χ2v) is 4.49. The fraction of sp³-hybridized carbons (Fsp3) is 0.0667. The Morgan fingerprint density at radius 1 is 1.10 bits per heavy atom. The van der Waals surface area contributed by atoms with Crippen LogP contribution in [0.15, 0.2) is 39.2 Å². The summed E-state index contributed by atoms with van der Waals surface area (Å²) in [5.41, 5.74) is 0.852. The van der Waals surface area contributed by atoms with Gasteiger partial charge in [0.15, 0.2) is 11.5 Å². The predicted molar refractivity (Wildman–Crippen MR) is 70.0 cm³/mol. The van der Waals surface area contributed by atoms with E-state index in [1.165, 1.54) is 30.3 Å². The van der Waals surface area contributed by atoms with Crippen LogP contribution in [-0.2, 0) is 0 Å². The van der Waals surface area contributed by atoms with Crippen LogP contribution < -0.4 is 0 Å². The van der Waals surface area contributed by atoms with Gasteiger partial charge in [-0.2, -0.15) is 0 Å². The van der Waals surface area contributed by atoms with Crippen molar-refractivity contribution in [3.63, 3.8) is 0 Å². The Balaban J connectivity index is 2.08. The van der Waals surface area contributed by atoms with Crippen LogP contribution in [0.2, 0.25) is 0 Å². The van der Waals surface area contributed by atoms with Crippen molar-refractivity contribution in [2.24, 2.45) is 0 Å². The van der Waals surface area contributed by atoms with Gasteiger partial charge in [0, 0.05) is 10.9 Å². The summed E-state index contributed by atoms with van der Waals surface area (Å²) in [6, 6.07) is 6.39. The zero-order chi connectivity index (χ0) is 15.1. The number of fused-ring (bicyclic) bond motifs is 1. The van der Waals surface area contributed by atoms with E-state index in [2.05, 4.69) is 0 Å². The van der Waals surface area contributed by atoms with Gasteiger partial charge in [-0.3, -0.25) is 4.79 Å². The first kappa shape index (κ1) is 13.1. The van der Waals surface area contributed by atoms with Crippen molar-refractivity contribution >= 4 is 22.7 Å². The van der Waals surface area contributed by atoms with Gasteiger partial charge in [0.05, 0.1) is 0 Å². The molecular weight excluding hydrogens is 279 g/mol. The van der Waals surface area contributed by atoms with Crippen LogP contribution in [0, 0.1) is 12.7 Å². The van der Waals surface area contributed by atoms with E-state index in [0.29, 0.717) is 16.5 Å². The summed E-state index contributed by atoms with van der Waals surface area (Å²) in [7, 11) is 0. The molecule has 0 unspecified atom stereocenters. The number of hydrogen-bond acceptors (Lipinski definition) is 4. The van der Waals surface area contributed by atoms with Gasteiger partial charge < -0.3 is 13.9 Å². The zero-order valence-corrected chi connectivity index (χ0v) is 10.8. The Kier molecular flexibility index (Phi) is 2.86. The van der Waals surface area contributed by atoms with Crippen LogP contribution in [0.4, 0.5) is 4.39 Å². The van der Waals surface area contributed by atoms with E-state index < -0.39 is 17.6 Å². The van der Waals surface area contributed by atoms with E-state index in [9.17, 15) is 14.0 Å². The topological polar surface area (TPSA) is 80.7 Å². The van der Waals surface area contributed by atoms with E-state index in [1.807, 2.05) is 0 Å². The van der Waals surface area contributed by atoms with Crippen molar-refractivity contribution in [2.45, 2.75) is 6.92 Å². The molecule has 0 saturated heterocycles. The summed E-state index contributed by atoms with van der Waals surface area (Å²) in [6.45, 7) is 1.62. The van der Waals surface area contributed by atoms with Crippen LogP contribution in [0.3, 0.4) is 0 Å². The molecule has 21 heavy (non-hydrogen) atoms. The van der Waals surface area contributed by atoms with Crippen LogP contribution in [0.1, 0.15) is 32.4 Å². The van der Waals surface area contributed by atoms with Crippen molar-refractivity contribution in [3.8, 4) is 0 Å². The molecule has 0 atom stereocenters. The Labute approximate surface area is 117 Å². The number of rotatable bonds is 3. The second kappa shape index (κ2) is 4.59. The van der Waals surface area contributed by atoms with E-state index in [0.717, 1.165) is 0 Å². The van der Waals surface area contributed by atoms with Gasteiger partial charge in [0.2, 0.25) is 5.76 Å². The largest absolute Gasteiger partial charge is 0.475 e. The number of halogens is 1. The normalized spacial score (nSPS) is 11.0. The number of carbonyl (C=O) groups excluding carboxylic acids is 1. The minimum absolute atomic E-state index is 0.00175. The van der Waals surface area contributed by atoms with Gasteiger partial charge in [-0.1, -0.05) is 0 Å². The molecule has 3 rings (SSSR count). The van der Waals surface area contributed by atoms with Crippen molar-refractivity contribution in [2.75, 3.05) is 0 Å². The molecule has 0 fully saturated rings. The highest BCUT2D eigenvalue weighted by molar-refractivity contribution is 6.09. The van der Waals surface area contributed by atoms with Gasteiger partial charge in [0.1, 0.15) is 11.4 Å². The van der Waals surface area contributed by atoms with Crippen LogP contribution in [0.5, 0.6) is 0 Å². The maximum Gasteiger partial charge on any atom is 0.371 e. The number of carboxylic acids is 1. The minimum atomic E-state index is -1.27. The molecule has 106 valence electrons. The number of aromatic carboxylic acids is 1. The van der Waals surface area contributed by atoms with Crippen molar-refractivity contribution in [1.82, 2.24) is 0 Å². The molecule has 1 N–H and O–H groups in total. The maximum absolute atomic E-state index is 13.2. The summed E-state index contributed by atoms with van der Waals surface area (Å²) in [6.07, 6.45) is 0. The Bertz CT molecular complexity index is 871. The first-order valence-electron chi connectivity index (χ1n) is 6.04. The summed E-state index contributed by atoms with van der Waals surface area (Å²) >= 11 is 0. The van der Waals surface area contributed by atoms with E-state index in [4.69, 9.17) is 13.9 Å². The number of hydrogen-bond donors (Lipinski definition) is 1. The SMILES string of the molecule is Cc1c(C(=O)c2ccc(C(=O)O)o2)oc2ccc(F)cc12. The fourth-order valence-electron chi connectivity index (χ4n) is 2.10. The van der Waals surface area contributed by atoms with Crippen molar-refractivity contribution in [3.05, 3.63) is 59.0 Å². The lowest BCUT2D eigenvalue weighted by molar-refractivity contribution is 0.0660. The number of ketones is 1. The van der Waals surface area contributed by atoms with E-state index in [-0.39, 0.29) is 17.3 Å². The van der Waals surface area contributed by atoms with Crippen LogP contribution in [0.25, 0.3) is 11.0 Å². The molecule has 5 nitrogen and oxygen atoms in total. The number of carbonyl (C=O) groups is 2. The molecule has 0 aliphatic carbocycles. The molecule has 2 aromatic heterocycles. The number of benzene rings is 1. The molecule has 0 aliphatic rings. The van der Waals surface area contributed by atoms with Crippen molar-refractivity contribution in [1.29, 1.82) is 0 Å². The molecular formula is C15H9FO5. The highest BCUT2D eigenvalue weighted by atomic mass is 19.1. The molecule has 1 aromatic carbocycles. The molecule has 3 aromatic rings. The molecule has 2 heterocycles. The summed E-state index contributed by atoms with van der Waals surface area (Å²) < 4.78 is 23.6. The lowest BCUT2D eigenvalue weighted by atomic mass is 10.1. The molecule has 0 radical (unpaired) electrons. The standard InChI is InChI=1S/C15H9FO5/c1-7-9-6-8(16)2-3-10(9)21-14(7)13(17)11-4-5-12(20-11)15(18)19/h2-6H,1H3,(H,18,19). The summed E-state index contributed by atoms with van der Waals surface area (Å²) in [5, 5.41) is 9.27. The highest BCUT2D eigenvalue weighted by Gasteiger charge is 2.23. The molecule has 0 amide bonds. The summed E-state index contributed by atoms with van der Waals surface area (Å²) in [4.78, 5) is 23.0. The van der Waals surface area contributed by atoms with Gasteiger partial charge in [0.25, 0.3) is 5.78 Å². The van der Waals surface area contributed by atoms with Gasteiger partial charge in [-0.25, -0.2) is 9.18 Å². The quantitative estimate of drug-likeness (QED) is 0.747. The second-order valence-electron chi connectivity index (χ2n) is 4.49. The molecule has 0 saturated carbocycles. The molecule has 6 heteroatoms. The highest BCUT2D eigenvalue weighted by Crippen LogP contribution is 2.28. The van der Waals surface area contributed by atoms with Gasteiger partial charge in [-0.15, -0.1) is 0 Å². The predicted octanol–water partition coefficient (Wildman–Crippen LogP) is 3.40. The molecule has 0 spiro atoms. The Hall–Kier alpha value is -2.89. The first-order valence-corrected chi connectivity index (χ1v) is 6.04. The lowest BCUT2D eigenvalue weighted by Crippen LogP contribution is -2.00. The third kappa shape index (κ3) is 2.10. The van der Waals surface area contributed by atoms with Gasteiger partial charge >= 0.3 is 5.97 Å². The van der Waals surface area contributed by atoms with Crippen LogP contribution >= 0.6 is 0 Å². The number of carboxylic acid groups (broad SMARTS) is 1. The van der Waals surface area contributed by atoms with E-state index >= 15 is 0 Å². The number of furan rings is 2. The smallest absolute Gasteiger partial charge is 0.371 e. The molecule has 0 aliphatic heterocycles. The zero-order valence-electron chi connectivity index (χ0n) is 10.8. The third-order valence-corrected chi connectivity index (χ3v) is 3.15. The average Bonchev–Trinajstić information content (AvgIpc) is 3.04. The minimum Gasteiger partial charge on any atom is -0.475 e. The number of aryl methyl sites for hydroxylation is 1. The van der Waals surface area contributed by atoms with E-state index in [1.54, 1.807) is 6.92 Å². The molecule has 0 bridgehead atoms. The third-order valence-electron chi connectivity index (χ3n) is 3.15. The average molecular weight is 288 g/mol. The Morgan fingerprint density at radius 3 is 2.48 bits per heavy atom. The summed E-state index contributed by atoms with van der Waals surface area (Å²) in [5.74, 6) is -2.76. The fourth-order valence-corrected chi connectivity index (χ4v) is 2.10. The van der Waals surface area contributed by atoms with Crippen molar-refractivity contribution < 1.29 is 27.9 Å². The Morgan fingerprint density at radius 2 is 1.81 bits per heavy atom. The van der Waals surface area contributed by atoms with Crippen LogP contribution in [-0.4, -0.2) is 16.9 Å². The maximum atomic E-state index is 13.2. The first-order chi connectivity index (χ1) is 9.97. The monoisotopic (exact) mass is 288 g/mol.